The quantitative estimate of drug-likeness (QED) is 0.750. The van der Waals surface area contributed by atoms with Crippen LogP contribution in [0.1, 0.15) is 27.8 Å². The number of hydrogen-bond donors (Lipinski definition) is 0. The van der Waals surface area contributed by atoms with Gasteiger partial charge in [0.15, 0.2) is 0 Å². The van der Waals surface area contributed by atoms with Crippen LogP contribution in [0.15, 0.2) is 30.5 Å². The first kappa shape index (κ1) is 9.85. The number of aromatic nitrogens is 1. The van der Waals surface area contributed by atoms with Gasteiger partial charge in [0, 0.05) is 22.6 Å². The van der Waals surface area contributed by atoms with Gasteiger partial charge in [-0.2, -0.15) is 0 Å². The van der Waals surface area contributed by atoms with Crippen LogP contribution < -0.4 is 4.74 Å². The largest absolute Gasteiger partial charge is 0.493 e. The van der Waals surface area contributed by atoms with E-state index in [0.29, 0.717) is 5.92 Å². The summed E-state index contributed by atoms with van der Waals surface area (Å²) in [6, 6.07) is 8.28. The lowest BCUT2D eigenvalue weighted by Crippen LogP contribution is -2.14. The van der Waals surface area contributed by atoms with Gasteiger partial charge in [-0.15, -0.1) is 11.3 Å². The fraction of sp³-hybridized carbons (Fsp3) is 0.308. The zero-order chi connectivity index (χ0) is 11.0. The molecule has 1 aliphatic heterocycles. The number of fused-ring (bicyclic) bond motifs is 1. The molecular weight excluding hydrogens is 218 g/mol. The van der Waals surface area contributed by atoms with Gasteiger partial charge in [-0.25, -0.2) is 4.98 Å². The molecule has 1 unspecified atom stereocenters. The van der Waals surface area contributed by atoms with Crippen molar-refractivity contribution in [3.63, 3.8) is 0 Å². The molecule has 3 rings (SSSR count). The maximum absolute atomic E-state index is 5.66. The molecule has 0 amide bonds. The molecule has 2 nitrogen and oxygen atoms in total. The molecule has 0 N–H and O–H groups in total. The number of hydrogen-bond acceptors (Lipinski definition) is 3. The molecule has 2 heterocycles. The molecular formula is C13H13NOS. The Morgan fingerprint density at radius 2 is 2.25 bits per heavy atom. The van der Waals surface area contributed by atoms with E-state index in [-0.39, 0.29) is 0 Å². The molecule has 16 heavy (non-hydrogen) atoms. The molecule has 0 spiro atoms. The van der Waals surface area contributed by atoms with Crippen LogP contribution in [0.3, 0.4) is 0 Å². The van der Waals surface area contributed by atoms with Gasteiger partial charge >= 0.3 is 0 Å². The second-order valence-corrected chi connectivity index (χ2v) is 5.30. The van der Waals surface area contributed by atoms with Crippen molar-refractivity contribution in [1.82, 2.24) is 4.98 Å². The lowest BCUT2D eigenvalue weighted by atomic mass is 9.94. The lowest BCUT2D eigenvalue weighted by molar-refractivity contribution is 0.277. The van der Waals surface area contributed by atoms with Gasteiger partial charge in [-0.1, -0.05) is 18.2 Å². The van der Waals surface area contributed by atoms with E-state index in [1.165, 1.54) is 15.4 Å². The second kappa shape index (κ2) is 3.91. The van der Waals surface area contributed by atoms with E-state index in [0.717, 1.165) is 18.8 Å². The standard InChI is InChI=1S/C13H13NOS/c1-9-8-14-13(16-9)11-6-7-15-12-5-3-2-4-10(11)12/h2-5,8,11H,6-7H2,1H3. The Labute approximate surface area is 98.9 Å². The molecule has 1 aliphatic rings. The fourth-order valence-electron chi connectivity index (χ4n) is 2.13. The number of nitrogens with zero attached hydrogens (tertiary/aromatic N) is 1. The SMILES string of the molecule is Cc1cnc(C2CCOc3ccccc32)s1. The highest BCUT2D eigenvalue weighted by Crippen LogP contribution is 2.39. The first-order chi connectivity index (χ1) is 7.84. The summed E-state index contributed by atoms with van der Waals surface area (Å²) >= 11 is 1.79. The molecule has 0 aliphatic carbocycles. The van der Waals surface area contributed by atoms with E-state index >= 15 is 0 Å². The van der Waals surface area contributed by atoms with Gasteiger partial charge in [-0.3, -0.25) is 0 Å². The van der Waals surface area contributed by atoms with E-state index < -0.39 is 0 Å². The summed E-state index contributed by atoms with van der Waals surface area (Å²) in [5, 5.41) is 1.22. The summed E-state index contributed by atoms with van der Waals surface area (Å²) in [5.41, 5.74) is 1.28. The normalized spacial score (nSPS) is 18.9. The zero-order valence-electron chi connectivity index (χ0n) is 9.14. The van der Waals surface area contributed by atoms with Crippen molar-refractivity contribution in [2.75, 3.05) is 6.61 Å². The van der Waals surface area contributed by atoms with Gasteiger partial charge in [0.2, 0.25) is 0 Å². The molecule has 0 saturated carbocycles. The van der Waals surface area contributed by atoms with Crippen LogP contribution in [0.25, 0.3) is 0 Å². The third kappa shape index (κ3) is 1.61. The Bertz CT molecular complexity index is 506. The van der Waals surface area contributed by atoms with Crippen molar-refractivity contribution in [3.8, 4) is 5.75 Å². The van der Waals surface area contributed by atoms with Crippen molar-refractivity contribution in [1.29, 1.82) is 0 Å². The first-order valence-corrected chi connectivity index (χ1v) is 6.30. The molecule has 1 atom stereocenters. The summed E-state index contributed by atoms with van der Waals surface area (Å²) < 4.78 is 5.66. The minimum atomic E-state index is 0.420. The van der Waals surface area contributed by atoms with Gasteiger partial charge in [0.1, 0.15) is 10.8 Å². The van der Waals surface area contributed by atoms with Crippen molar-refractivity contribution < 1.29 is 4.74 Å². The van der Waals surface area contributed by atoms with Crippen LogP contribution in [-0.4, -0.2) is 11.6 Å². The third-order valence-electron chi connectivity index (χ3n) is 2.90. The number of benzene rings is 1. The molecule has 1 aromatic carbocycles. The number of aryl methyl sites for hydroxylation is 1. The summed E-state index contributed by atoms with van der Waals surface area (Å²) in [6.07, 6.45) is 2.99. The van der Waals surface area contributed by atoms with E-state index in [2.05, 4.69) is 24.0 Å². The molecule has 0 fully saturated rings. The van der Waals surface area contributed by atoms with E-state index in [1.54, 1.807) is 11.3 Å². The number of para-hydroxylation sites is 1. The van der Waals surface area contributed by atoms with Crippen LogP contribution in [-0.2, 0) is 0 Å². The summed E-state index contributed by atoms with van der Waals surface area (Å²) in [7, 11) is 0. The highest BCUT2D eigenvalue weighted by molar-refractivity contribution is 7.11. The Balaban J connectivity index is 2.04. The molecule has 2 aromatic rings. The van der Waals surface area contributed by atoms with Crippen molar-refractivity contribution >= 4 is 11.3 Å². The lowest BCUT2D eigenvalue weighted by Gasteiger charge is -2.24. The van der Waals surface area contributed by atoms with Crippen LogP contribution in [0.2, 0.25) is 0 Å². The molecule has 0 radical (unpaired) electrons. The maximum Gasteiger partial charge on any atom is 0.123 e. The van der Waals surface area contributed by atoms with Crippen LogP contribution in [0.5, 0.6) is 5.75 Å². The van der Waals surface area contributed by atoms with Crippen molar-refractivity contribution in [2.45, 2.75) is 19.3 Å². The average molecular weight is 231 g/mol. The van der Waals surface area contributed by atoms with Gasteiger partial charge in [0.05, 0.1) is 6.61 Å². The second-order valence-electron chi connectivity index (χ2n) is 4.04. The topological polar surface area (TPSA) is 22.1 Å². The van der Waals surface area contributed by atoms with Crippen LogP contribution in [0.4, 0.5) is 0 Å². The minimum absolute atomic E-state index is 0.420. The zero-order valence-corrected chi connectivity index (χ0v) is 9.96. The predicted octanol–water partition coefficient (Wildman–Crippen LogP) is 3.37. The fourth-order valence-corrected chi connectivity index (χ4v) is 3.06. The Hall–Kier alpha value is -1.35. The monoisotopic (exact) mass is 231 g/mol. The predicted molar refractivity (Wildman–Crippen MR) is 65.2 cm³/mol. The van der Waals surface area contributed by atoms with E-state index in [9.17, 15) is 0 Å². The Morgan fingerprint density at radius 3 is 3.06 bits per heavy atom. The number of thiazole rings is 1. The average Bonchev–Trinajstić information content (AvgIpc) is 2.75. The highest BCUT2D eigenvalue weighted by atomic mass is 32.1. The van der Waals surface area contributed by atoms with Crippen LogP contribution >= 0.6 is 11.3 Å². The first-order valence-electron chi connectivity index (χ1n) is 5.48. The molecule has 0 bridgehead atoms. The smallest absolute Gasteiger partial charge is 0.123 e. The number of ether oxygens (including phenoxy) is 1. The van der Waals surface area contributed by atoms with Gasteiger partial charge in [0.25, 0.3) is 0 Å². The Morgan fingerprint density at radius 1 is 1.38 bits per heavy atom. The minimum Gasteiger partial charge on any atom is -0.493 e. The molecule has 1 aromatic heterocycles. The van der Waals surface area contributed by atoms with E-state index in [1.807, 2.05) is 18.3 Å². The Kier molecular flexibility index (Phi) is 2.40. The number of rotatable bonds is 1. The van der Waals surface area contributed by atoms with Crippen LogP contribution in [0, 0.1) is 6.92 Å². The maximum atomic E-state index is 5.66. The summed E-state index contributed by atoms with van der Waals surface area (Å²) in [4.78, 5) is 5.78. The molecule has 3 heteroatoms. The molecule has 82 valence electrons. The summed E-state index contributed by atoms with van der Waals surface area (Å²) in [5.74, 6) is 1.44. The molecule has 0 saturated heterocycles. The van der Waals surface area contributed by atoms with Gasteiger partial charge in [-0.05, 0) is 19.4 Å². The van der Waals surface area contributed by atoms with Crippen molar-refractivity contribution in [3.05, 3.63) is 45.9 Å². The third-order valence-corrected chi connectivity index (χ3v) is 3.92. The highest BCUT2D eigenvalue weighted by Gasteiger charge is 2.24. The van der Waals surface area contributed by atoms with Gasteiger partial charge < -0.3 is 4.74 Å². The van der Waals surface area contributed by atoms with E-state index in [4.69, 9.17) is 4.74 Å². The summed E-state index contributed by atoms with van der Waals surface area (Å²) in [6.45, 7) is 2.90. The van der Waals surface area contributed by atoms with Crippen molar-refractivity contribution in [2.24, 2.45) is 0 Å².